The molecule has 0 aliphatic rings. The van der Waals surface area contributed by atoms with Crippen LogP contribution in [0.2, 0.25) is 0 Å². The van der Waals surface area contributed by atoms with Crippen molar-refractivity contribution in [3.63, 3.8) is 0 Å². The number of anilines is 3. The van der Waals surface area contributed by atoms with Gasteiger partial charge in [-0.25, -0.2) is 0 Å². The fourth-order valence-corrected chi connectivity index (χ4v) is 2.79. The molecule has 0 aliphatic heterocycles. The van der Waals surface area contributed by atoms with Crippen molar-refractivity contribution in [2.24, 2.45) is 5.41 Å². The number of nitrogens with one attached hydrogen (secondary N) is 3. The molecule has 0 fully saturated rings. The molecule has 6 heteroatoms. The van der Waals surface area contributed by atoms with Crippen molar-refractivity contribution in [3.8, 4) is 5.75 Å². The molecule has 3 aromatic carbocycles. The van der Waals surface area contributed by atoms with Crippen LogP contribution in [0.25, 0.3) is 0 Å². The normalized spacial score (nSPS) is 10.8. The van der Waals surface area contributed by atoms with Crippen molar-refractivity contribution >= 4 is 28.9 Å². The second-order valence-electron chi connectivity index (χ2n) is 8.49. The molecule has 0 saturated carbocycles. The van der Waals surface area contributed by atoms with E-state index >= 15 is 0 Å². The predicted molar refractivity (Wildman–Crippen MR) is 129 cm³/mol. The SMILES string of the molecule is CC(C)(C)C(=O)Nc1cccc(NC(=O)CNc2ccc(OCc3ccccc3)cc2)c1. The Balaban J connectivity index is 1.46. The summed E-state index contributed by atoms with van der Waals surface area (Å²) in [6, 6.07) is 24.5. The summed E-state index contributed by atoms with van der Waals surface area (Å²) in [5, 5.41) is 8.79. The lowest BCUT2D eigenvalue weighted by molar-refractivity contribution is -0.123. The molecule has 0 unspecified atom stereocenters. The number of hydrogen-bond donors (Lipinski definition) is 3. The zero-order valence-corrected chi connectivity index (χ0v) is 18.6. The first-order valence-electron chi connectivity index (χ1n) is 10.5. The molecule has 3 aromatic rings. The number of ether oxygens (including phenoxy) is 1. The zero-order valence-electron chi connectivity index (χ0n) is 18.6. The van der Waals surface area contributed by atoms with E-state index in [0.717, 1.165) is 17.0 Å². The van der Waals surface area contributed by atoms with Crippen LogP contribution in [0.15, 0.2) is 78.9 Å². The first-order valence-corrected chi connectivity index (χ1v) is 10.5. The van der Waals surface area contributed by atoms with Crippen molar-refractivity contribution in [1.82, 2.24) is 0 Å². The fourth-order valence-electron chi connectivity index (χ4n) is 2.79. The summed E-state index contributed by atoms with van der Waals surface area (Å²) in [5.41, 5.74) is 2.69. The molecule has 0 heterocycles. The third-order valence-electron chi connectivity index (χ3n) is 4.64. The van der Waals surface area contributed by atoms with Gasteiger partial charge in [-0.1, -0.05) is 57.2 Å². The molecule has 32 heavy (non-hydrogen) atoms. The van der Waals surface area contributed by atoms with Gasteiger partial charge in [0, 0.05) is 22.5 Å². The van der Waals surface area contributed by atoms with E-state index in [-0.39, 0.29) is 18.4 Å². The minimum atomic E-state index is -0.495. The second kappa shape index (κ2) is 10.5. The van der Waals surface area contributed by atoms with Crippen LogP contribution in [0.5, 0.6) is 5.75 Å². The number of carbonyl (C=O) groups is 2. The predicted octanol–water partition coefficient (Wildman–Crippen LogP) is 5.30. The van der Waals surface area contributed by atoms with Crippen LogP contribution >= 0.6 is 0 Å². The number of hydrogen-bond acceptors (Lipinski definition) is 4. The maximum Gasteiger partial charge on any atom is 0.243 e. The Hall–Kier alpha value is -3.80. The molecule has 0 spiro atoms. The number of amides is 2. The Morgan fingerprint density at radius 1 is 0.781 bits per heavy atom. The number of benzene rings is 3. The monoisotopic (exact) mass is 431 g/mol. The van der Waals surface area contributed by atoms with Gasteiger partial charge in [0.05, 0.1) is 6.54 Å². The van der Waals surface area contributed by atoms with Crippen molar-refractivity contribution < 1.29 is 14.3 Å². The first kappa shape index (κ1) is 22.9. The summed E-state index contributed by atoms with van der Waals surface area (Å²) in [6.07, 6.45) is 0. The van der Waals surface area contributed by atoms with Gasteiger partial charge >= 0.3 is 0 Å². The lowest BCUT2D eigenvalue weighted by atomic mass is 9.95. The van der Waals surface area contributed by atoms with E-state index < -0.39 is 5.41 Å². The van der Waals surface area contributed by atoms with Gasteiger partial charge in [0.2, 0.25) is 11.8 Å². The standard InChI is InChI=1S/C26H29N3O3/c1-26(2,3)25(31)29-22-11-7-10-21(16-22)28-24(30)17-27-20-12-14-23(15-13-20)32-18-19-8-5-4-6-9-19/h4-16,27H,17-18H2,1-3H3,(H,28,30)(H,29,31). The molecular weight excluding hydrogens is 402 g/mol. The van der Waals surface area contributed by atoms with Gasteiger partial charge in [-0.2, -0.15) is 0 Å². The Morgan fingerprint density at radius 2 is 1.44 bits per heavy atom. The third-order valence-corrected chi connectivity index (χ3v) is 4.64. The first-order chi connectivity index (χ1) is 15.3. The summed E-state index contributed by atoms with van der Waals surface area (Å²) in [4.78, 5) is 24.5. The van der Waals surface area contributed by atoms with Crippen molar-refractivity contribution in [3.05, 3.63) is 84.4 Å². The number of carbonyl (C=O) groups excluding carboxylic acids is 2. The summed E-state index contributed by atoms with van der Waals surface area (Å²) >= 11 is 0. The summed E-state index contributed by atoms with van der Waals surface area (Å²) in [5.74, 6) is 0.491. The van der Waals surface area contributed by atoms with Crippen LogP contribution < -0.4 is 20.7 Å². The quantitative estimate of drug-likeness (QED) is 0.452. The average molecular weight is 432 g/mol. The maximum absolute atomic E-state index is 12.3. The molecule has 166 valence electrons. The molecule has 0 aromatic heterocycles. The van der Waals surface area contributed by atoms with Gasteiger partial charge in [-0.3, -0.25) is 9.59 Å². The highest BCUT2D eigenvalue weighted by atomic mass is 16.5. The largest absolute Gasteiger partial charge is 0.489 e. The van der Waals surface area contributed by atoms with E-state index in [1.807, 2.05) is 75.4 Å². The lowest BCUT2D eigenvalue weighted by Crippen LogP contribution is -2.27. The minimum Gasteiger partial charge on any atom is -0.489 e. The van der Waals surface area contributed by atoms with E-state index in [2.05, 4.69) is 16.0 Å². The smallest absolute Gasteiger partial charge is 0.243 e. The van der Waals surface area contributed by atoms with Crippen LogP contribution in [0.1, 0.15) is 26.3 Å². The Bertz CT molecular complexity index is 1040. The van der Waals surface area contributed by atoms with Gasteiger partial charge in [-0.15, -0.1) is 0 Å². The van der Waals surface area contributed by atoms with Crippen LogP contribution in [-0.4, -0.2) is 18.4 Å². The summed E-state index contributed by atoms with van der Waals surface area (Å²) < 4.78 is 5.77. The van der Waals surface area contributed by atoms with Gasteiger partial charge in [0.15, 0.2) is 0 Å². The lowest BCUT2D eigenvalue weighted by Gasteiger charge is -2.18. The van der Waals surface area contributed by atoms with Crippen molar-refractivity contribution in [2.45, 2.75) is 27.4 Å². The molecule has 0 saturated heterocycles. The molecule has 3 N–H and O–H groups in total. The highest BCUT2D eigenvalue weighted by molar-refractivity contribution is 5.97. The fraction of sp³-hybridized carbons (Fsp3) is 0.231. The topological polar surface area (TPSA) is 79.5 Å². The van der Waals surface area contributed by atoms with Gasteiger partial charge < -0.3 is 20.7 Å². The highest BCUT2D eigenvalue weighted by Gasteiger charge is 2.21. The molecule has 0 aliphatic carbocycles. The van der Waals surface area contributed by atoms with Gasteiger partial charge in [0.25, 0.3) is 0 Å². The number of rotatable bonds is 8. The van der Waals surface area contributed by atoms with Crippen LogP contribution in [0, 0.1) is 5.41 Å². The third kappa shape index (κ3) is 7.16. The van der Waals surface area contributed by atoms with Gasteiger partial charge in [-0.05, 0) is 48.0 Å². The average Bonchev–Trinajstić information content (AvgIpc) is 2.77. The highest BCUT2D eigenvalue weighted by Crippen LogP contribution is 2.20. The molecule has 0 bridgehead atoms. The molecule has 3 rings (SSSR count). The minimum absolute atomic E-state index is 0.0844. The Kier molecular flexibility index (Phi) is 7.49. The van der Waals surface area contributed by atoms with E-state index in [9.17, 15) is 9.59 Å². The van der Waals surface area contributed by atoms with Crippen LogP contribution in [-0.2, 0) is 16.2 Å². The second-order valence-corrected chi connectivity index (χ2v) is 8.49. The molecule has 0 atom stereocenters. The van der Waals surface area contributed by atoms with Crippen LogP contribution in [0.4, 0.5) is 17.1 Å². The van der Waals surface area contributed by atoms with Crippen molar-refractivity contribution in [1.29, 1.82) is 0 Å². The Morgan fingerprint density at radius 3 is 2.09 bits per heavy atom. The summed E-state index contributed by atoms with van der Waals surface area (Å²) in [7, 11) is 0. The Labute approximate surface area is 189 Å². The van der Waals surface area contributed by atoms with Crippen LogP contribution in [0.3, 0.4) is 0 Å². The zero-order chi connectivity index (χ0) is 23.0. The van der Waals surface area contributed by atoms with E-state index in [4.69, 9.17) is 4.74 Å². The maximum atomic E-state index is 12.3. The molecule has 2 amide bonds. The summed E-state index contributed by atoms with van der Waals surface area (Å²) in [6.45, 7) is 6.17. The molecular formula is C26H29N3O3. The van der Waals surface area contributed by atoms with E-state index in [1.165, 1.54) is 0 Å². The van der Waals surface area contributed by atoms with Crippen molar-refractivity contribution in [2.75, 3.05) is 22.5 Å². The molecule has 0 radical (unpaired) electrons. The van der Waals surface area contributed by atoms with E-state index in [1.54, 1.807) is 24.3 Å². The van der Waals surface area contributed by atoms with E-state index in [0.29, 0.717) is 18.0 Å². The van der Waals surface area contributed by atoms with Gasteiger partial charge in [0.1, 0.15) is 12.4 Å². The molecule has 6 nitrogen and oxygen atoms in total.